The van der Waals surface area contributed by atoms with Gasteiger partial charge >= 0.3 is 23.9 Å². The largest absolute Gasteiger partial charge is 0.504 e. The van der Waals surface area contributed by atoms with Gasteiger partial charge in [-0.25, -0.2) is 9.59 Å². The summed E-state index contributed by atoms with van der Waals surface area (Å²) in [5, 5.41) is 32.9. The molecule has 3 unspecified atom stereocenters. The van der Waals surface area contributed by atoms with Crippen molar-refractivity contribution in [2.24, 2.45) is 0 Å². The third-order valence-electron chi connectivity index (χ3n) is 15.6. The predicted molar refractivity (Wildman–Crippen MR) is 256 cm³/mol. The zero-order valence-electron chi connectivity index (χ0n) is 39.8. The van der Waals surface area contributed by atoms with Gasteiger partial charge in [-0.15, -0.1) is 23.5 Å². The molecule has 20 heteroatoms. The SMILES string of the molecule is COc1cc2c(cc1OC(=O)CCCC[C@H]1CC3NC(=O)NC3S1)CCN[C@]21CS[C@@H]2c3c(OC(C)=O)c(C)c4c(c3[C@@H](COC1=O)N1C2[C@H]2c3c(cc(C)c(OC)c3O)C[C@H]([C@@H]1C#N)N2C)OCO4. The van der Waals surface area contributed by atoms with E-state index in [0.29, 0.717) is 81.9 Å². The minimum absolute atomic E-state index is 0.0260. The first-order chi connectivity index (χ1) is 33.8. The number of piperazine rings is 1. The summed E-state index contributed by atoms with van der Waals surface area (Å²) in [4.78, 5) is 57.7. The molecule has 12 rings (SSSR count). The van der Waals surface area contributed by atoms with Gasteiger partial charge in [0.2, 0.25) is 6.79 Å². The molecule has 4 N–H and O–H groups in total. The van der Waals surface area contributed by atoms with Crippen LogP contribution in [0.15, 0.2) is 18.2 Å². The van der Waals surface area contributed by atoms with Crippen molar-refractivity contribution in [2.45, 2.75) is 123 Å². The Kier molecular flexibility index (Phi) is 12.0. The van der Waals surface area contributed by atoms with Crippen molar-refractivity contribution in [1.82, 2.24) is 25.8 Å². The maximum absolute atomic E-state index is 15.2. The van der Waals surface area contributed by atoms with Gasteiger partial charge in [0.15, 0.2) is 40.0 Å². The molecule has 2 amide bonds. The molecule has 10 atom stereocenters. The lowest BCUT2D eigenvalue weighted by molar-refractivity contribution is -0.157. The van der Waals surface area contributed by atoms with E-state index in [2.05, 4.69) is 31.8 Å². The minimum Gasteiger partial charge on any atom is -0.504 e. The number of aromatic hydroxyl groups is 1. The quantitative estimate of drug-likeness (QED) is 0.122. The maximum atomic E-state index is 15.2. The molecular weight excluding hydrogens is 941 g/mol. The zero-order valence-corrected chi connectivity index (χ0v) is 41.4. The second kappa shape index (κ2) is 17.9. The number of likely N-dealkylation sites (N-methyl/N-ethyl adjacent to an activating group) is 1. The van der Waals surface area contributed by atoms with Gasteiger partial charge in [0.05, 0.1) is 49.0 Å². The molecule has 0 aromatic heterocycles. The number of carbonyl (C=O) groups excluding carboxylic acids is 4. The number of rotatable bonds is 9. The van der Waals surface area contributed by atoms with Crippen LogP contribution in [0.1, 0.15) is 101 Å². The normalized spacial score (nSPS) is 30.1. The summed E-state index contributed by atoms with van der Waals surface area (Å²) < 4.78 is 42.8. The summed E-state index contributed by atoms with van der Waals surface area (Å²) in [6.07, 6.45) is 4.50. The number of nitrogens with one attached hydrogen (secondary N) is 3. The van der Waals surface area contributed by atoms with Crippen LogP contribution in [-0.2, 0) is 37.5 Å². The lowest BCUT2D eigenvalue weighted by Crippen LogP contribution is -2.69. The van der Waals surface area contributed by atoms with Gasteiger partial charge in [0, 0.05) is 65.2 Å². The van der Waals surface area contributed by atoms with Crippen molar-refractivity contribution in [2.75, 3.05) is 47.0 Å². The number of hydrogen-bond acceptors (Lipinski definition) is 18. The number of fused-ring (bicyclic) bond motifs is 10. The number of methoxy groups -OCH3 is 2. The van der Waals surface area contributed by atoms with Crippen LogP contribution in [0.25, 0.3) is 0 Å². The smallest absolute Gasteiger partial charge is 0.331 e. The van der Waals surface area contributed by atoms with E-state index in [4.69, 9.17) is 33.2 Å². The number of unbranched alkanes of at least 4 members (excludes halogenated alkanes) is 1. The standard InChI is InChI=1S/C50H56N6O12S2/c1-22-13-26-14-30-31(18-51)56-32-19-64-48(60)50(28-17-33(62-5)34(15-25(28)11-12-52-50)68-35(58)10-8-7-9-27-16-29-47(70-27)54-49(61)53-29)20-69-46(40(56)39(55(30)4)36(26)41(59)42(22)63-6)38-37(32)45-44(65-21-66-45)23(2)43(38)67-24(3)57/h13,15,17,27,29-32,39-40,46-47,52,59H,7-12,14,16,19-21H2,1-6H3,(H2,53,54,61)/t27-,29?,30+,31-,32+,39+,40?,46+,47?,50+/m0/s1. The van der Waals surface area contributed by atoms with Crippen LogP contribution in [0.4, 0.5) is 4.79 Å². The van der Waals surface area contributed by atoms with Crippen molar-refractivity contribution in [1.29, 1.82) is 5.26 Å². The summed E-state index contributed by atoms with van der Waals surface area (Å²) in [7, 11) is 5.01. The predicted octanol–water partition coefficient (Wildman–Crippen LogP) is 5.26. The average molecular weight is 997 g/mol. The van der Waals surface area contributed by atoms with Crippen molar-refractivity contribution in [3.63, 3.8) is 0 Å². The lowest BCUT2D eigenvalue weighted by atomic mass is 9.71. The molecule has 3 aromatic rings. The second-order valence-corrected chi connectivity index (χ2v) is 22.0. The summed E-state index contributed by atoms with van der Waals surface area (Å²) >= 11 is 3.24. The van der Waals surface area contributed by atoms with Crippen LogP contribution in [0.3, 0.4) is 0 Å². The molecule has 9 aliphatic heterocycles. The Labute approximate surface area is 413 Å². The molecule has 4 saturated heterocycles. The van der Waals surface area contributed by atoms with Crippen LogP contribution in [0.2, 0.25) is 0 Å². The second-order valence-electron chi connectivity index (χ2n) is 19.4. The van der Waals surface area contributed by atoms with E-state index in [9.17, 15) is 24.8 Å². The number of nitriles is 1. The van der Waals surface area contributed by atoms with Gasteiger partial charge in [0.25, 0.3) is 0 Å². The number of hydrogen-bond donors (Lipinski definition) is 4. The van der Waals surface area contributed by atoms with Gasteiger partial charge in [-0.3, -0.25) is 24.7 Å². The number of esters is 3. The molecule has 3 aromatic carbocycles. The highest BCUT2D eigenvalue weighted by molar-refractivity contribution is 8.00. The summed E-state index contributed by atoms with van der Waals surface area (Å²) in [6.45, 7) is 5.17. The third-order valence-corrected chi connectivity index (χ3v) is 18.6. The molecule has 0 saturated carbocycles. The number of thioether (sulfide) groups is 2. The van der Waals surface area contributed by atoms with Crippen LogP contribution < -0.4 is 44.4 Å². The summed E-state index contributed by atoms with van der Waals surface area (Å²) in [6, 6.07) is 5.34. The molecule has 370 valence electrons. The number of amides is 2. The molecule has 4 fully saturated rings. The number of nitrogens with zero attached hydrogens (tertiary/aromatic N) is 3. The molecule has 1 spiro atoms. The van der Waals surface area contributed by atoms with E-state index >= 15 is 4.79 Å². The summed E-state index contributed by atoms with van der Waals surface area (Å²) in [5.74, 6) is 0.743. The van der Waals surface area contributed by atoms with E-state index in [1.165, 1.54) is 32.9 Å². The van der Waals surface area contributed by atoms with Gasteiger partial charge < -0.3 is 48.9 Å². The van der Waals surface area contributed by atoms with E-state index in [-0.39, 0.29) is 66.3 Å². The van der Waals surface area contributed by atoms with E-state index in [0.717, 1.165) is 36.0 Å². The van der Waals surface area contributed by atoms with Crippen LogP contribution in [-0.4, -0.2) is 121 Å². The first-order valence-corrected chi connectivity index (χ1v) is 25.9. The Hall–Kier alpha value is -5.59. The van der Waals surface area contributed by atoms with Crippen molar-refractivity contribution in [3.05, 3.63) is 62.7 Å². The van der Waals surface area contributed by atoms with Crippen molar-refractivity contribution < 1.29 is 57.4 Å². The number of phenols is 1. The molecule has 4 bridgehead atoms. The average Bonchev–Trinajstić information content (AvgIpc) is 4.06. The number of urea groups is 1. The first kappa shape index (κ1) is 46.8. The molecule has 9 aliphatic rings. The van der Waals surface area contributed by atoms with Crippen LogP contribution >= 0.6 is 23.5 Å². The fraction of sp³-hybridized carbons (Fsp3) is 0.540. The highest BCUT2D eigenvalue weighted by Crippen LogP contribution is 2.65. The number of phenolic OH excluding ortho intramolecular Hbond substituents is 1. The first-order valence-electron chi connectivity index (χ1n) is 23.9. The van der Waals surface area contributed by atoms with Crippen LogP contribution in [0.5, 0.6) is 40.2 Å². The lowest BCUT2D eigenvalue weighted by Gasteiger charge is -2.62. The molecule has 0 radical (unpaired) electrons. The fourth-order valence-electron chi connectivity index (χ4n) is 12.6. The van der Waals surface area contributed by atoms with E-state index in [1.54, 1.807) is 23.9 Å². The molecule has 18 nitrogen and oxygen atoms in total. The number of benzene rings is 3. The molecule has 70 heavy (non-hydrogen) atoms. The highest BCUT2D eigenvalue weighted by Gasteiger charge is 2.62. The Morgan fingerprint density at radius 3 is 2.56 bits per heavy atom. The molecular formula is C50H56N6O12S2. The van der Waals surface area contributed by atoms with Crippen molar-refractivity contribution in [3.8, 4) is 46.3 Å². The van der Waals surface area contributed by atoms with E-state index in [1.807, 2.05) is 27.0 Å². The Morgan fingerprint density at radius 2 is 1.80 bits per heavy atom. The highest BCUT2D eigenvalue weighted by atomic mass is 32.2. The monoisotopic (exact) mass is 996 g/mol. The third kappa shape index (κ3) is 7.31. The minimum atomic E-state index is -1.44. The number of aryl methyl sites for hydroxylation is 1. The molecule has 9 heterocycles. The van der Waals surface area contributed by atoms with Crippen molar-refractivity contribution >= 4 is 47.5 Å². The summed E-state index contributed by atoms with van der Waals surface area (Å²) in [5.41, 5.74) is 4.20. The Bertz CT molecular complexity index is 2750. The van der Waals surface area contributed by atoms with Gasteiger partial charge in [-0.1, -0.05) is 12.5 Å². The molecule has 0 aliphatic carbocycles. The Morgan fingerprint density at radius 1 is 0.986 bits per heavy atom. The number of carbonyl (C=O) groups is 4. The number of ether oxygens (including phenoxy) is 7. The topological polar surface area (TPSA) is 219 Å². The maximum Gasteiger partial charge on any atom is 0.331 e. The van der Waals surface area contributed by atoms with Gasteiger partial charge in [-0.05, 0) is 87.4 Å². The van der Waals surface area contributed by atoms with Gasteiger partial charge in [0.1, 0.15) is 18.4 Å². The van der Waals surface area contributed by atoms with Gasteiger partial charge in [-0.2, -0.15) is 5.26 Å². The fourth-order valence-corrected chi connectivity index (χ4v) is 15.9. The van der Waals surface area contributed by atoms with Crippen LogP contribution in [0, 0.1) is 25.2 Å². The van der Waals surface area contributed by atoms with E-state index < -0.39 is 52.9 Å². The zero-order chi connectivity index (χ0) is 48.9. The Balaban J connectivity index is 0.971.